The Morgan fingerprint density at radius 1 is 0.966 bits per heavy atom. The maximum atomic E-state index is 12.4. The first-order valence-corrected chi connectivity index (χ1v) is 9.77. The minimum Gasteiger partial charge on any atom is -0.328 e. The maximum Gasteiger partial charge on any atom is 0.257 e. The van der Waals surface area contributed by atoms with Gasteiger partial charge in [0.2, 0.25) is 17.8 Å². The summed E-state index contributed by atoms with van der Waals surface area (Å²) in [5.41, 5.74) is 4.29. The fourth-order valence-corrected chi connectivity index (χ4v) is 3.47. The van der Waals surface area contributed by atoms with E-state index in [4.69, 9.17) is 0 Å². The highest BCUT2D eigenvalue weighted by Crippen LogP contribution is 2.33. The molecule has 150 valence electrons. The normalized spacial score (nSPS) is 15.4. The van der Waals surface area contributed by atoms with Crippen LogP contribution in [0.15, 0.2) is 30.3 Å². The van der Waals surface area contributed by atoms with Gasteiger partial charge in [0.05, 0.1) is 11.4 Å². The molecule has 2 heterocycles. The number of nitrogens with one attached hydrogen (secondary N) is 4. The Hall–Kier alpha value is -3.42. The van der Waals surface area contributed by atoms with Crippen molar-refractivity contribution in [2.24, 2.45) is 5.92 Å². The van der Waals surface area contributed by atoms with E-state index in [9.17, 15) is 9.59 Å². The van der Waals surface area contributed by atoms with E-state index < -0.39 is 0 Å². The number of amides is 2. The average molecular weight is 392 g/mol. The van der Waals surface area contributed by atoms with Crippen molar-refractivity contribution in [1.82, 2.24) is 19.9 Å². The number of nitrogens with zero attached hydrogens (tertiary/aromatic N) is 2. The highest BCUT2D eigenvalue weighted by Gasteiger charge is 2.28. The molecule has 0 bridgehead atoms. The van der Waals surface area contributed by atoms with Crippen LogP contribution in [0.5, 0.6) is 0 Å². The van der Waals surface area contributed by atoms with Crippen LogP contribution in [-0.2, 0) is 17.6 Å². The summed E-state index contributed by atoms with van der Waals surface area (Å²) in [7, 11) is 0. The van der Waals surface area contributed by atoms with Crippen molar-refractivity contribution in [2.75, 3.05) is 10.6 Å². The first-order valence-electron chi connectivity index (χ1n) is 9.77. The quantitative estimate of drug-likeness (QED) is 0.545. The summed E-state index contributed by atoms with van der Waals surface area (Å²) < 4.78 is 0. The third-order valence-electron chi connectivity index (χ3n) is 5.10. The Kier molecular flexibility index (Phi) is 4.92. The van der Waals surface area contributed by atoms with E-state index in [0.29, 0.717) is 17.5 Å². The molecule has 2 amide bonds. The fourth-order valence-electron chi connectivity index (χ4n) is 3.47. The highest BCUT2D eigenvalue weighted by atomic mass is 16.2. The van der Waals surface area contributed by atoms with Crippen molar-refractivity contribution in [3.63, 3.8) is 0 Å². The minimum atomic E-state index is -0.207. The number of aromatic amines is 2. The molecular weight excluding hydrogens is 368 g/mol. The summed E-state index contributed by atoms with van der Waals surface area (Å²) in [4.78, 5) is 40.1. The molecule has 1 aromatic carbocycles. The number of carbonyl (C=O) groups is 2. The molecular formula is C21H24N6O2. The number of benzene rings is 1. The molecule has 1 aliphatic carbocycles. The zero-order valence-corrected chi connectivity index (χ0v) is 16.7. The molecule has 0 fully saturated rings. The zero-order chi connectivity index (χ0) is 20.5. The van der Waals surface area contributed by atoms with Crippen molar-refractivity contribution in [2.45, 2.75) is 39.5 Å². The van der Waals surface area contributed by atoms with Crippen molar-refractivity contribution in [3.8, 4) is 0 Å². The van der Waals surface area contributed by atoms with E-state index in [-0.39, 0.29) is 23.7 Å². The van der Waals surface area contributed by atoms with Gasteiger partial charge in [-0.2, -0.15) is 0 Å². The van der Waals surface area contributed by atoms with Gasteiger partial charge < -0.3 is 9.97 Å². The lowest BCUT2D eigenvalue weighted by Crippen LogP contribution is -2.18. The summed E-state index contributed by atoms with van der Waals surface area (Å²) in [6.07, 6.45) is 1.48. The van der Waals surface area contributed by atoms with Crippen LogP contribution in [0.25, 0.3) is 0 Å². The molecule has 8 nitrogen and oxygen atoms in total. The monoisotopic (exact) mass is 392 g/mol. The van der Waals surface area contributed by atoms with Gasteiger partial charge in [-0.3, -0.25) is 20.2 Å². The lowest BCUT2D eigenvalue weighted by molar-refractivity contribution is -0.118. The molecule has 0 saturated carbocycles. The maximum absolute atomic E-state index is 12.4. The zero-order valence-electron chi connectivity index (χ0n) is 16.7. The van der Waals surface area contributed by atoms with Crippen LogP contribution in [0.3, 0.4) is 0 Å². The SMILES string of the molecule is CC(C)C(=O)Nc1nc2c([nH]1)CCc1[nH]c(NC(=O)c3ccccc3)nc1C2C. The molecule has 1 atom stereocenters. The minimum absolute atomic E-state index is 0.0675. The molecule has 3 aromatic rings. The van der Waals surface area contributed by atoms with Gasteiger partial charge in [-0.15, -0.1) is 0 Å². The van der Waals surface area contributed by atoms with Gasteiger partial charge in [0.1, 0.15) is 0 Å². The van der Waals surface area contributed by atoms with Gasteiger partial charge in [0, 0.05) is 28.8 Å². The first kappa shape index (κ1) is 18.9. The topological polar surface area (TPSA) is 116 Å². The molecule has 0 spiro atoms. The predicted octanol–water partition coefficient (Wildman–Crippen LogP) is 3.23. The molecule has 1 unspecified atom stereocenters. The van der Waals surface area contributed by atoms with Gasteiger partial charge in [-0.25, -0.2) is 9.97 Å². The third-order valence-corrected chi connectivity index (χ3v) is 5.10. The number of H-pyrrole nitrogens is 2. The number of rotatable bonds is 4. The number of aromatic nitrogens is 4. The second-order valence-corrected chi connectivity index (χ2v) is 7.58. The van der Waals surface area contributed by atoms with Crippen LogP contribution in [0.2, 0.25) is 0 Å². The van der Waals surface area contributed by atoms with Crippen LogP contribution in [0.4, 0.5) is 11.9 Å². The van der Waals surface area contributed by atoms with E-state index in [0.717, 1.165) is 35.6 Å². The van der Waals surface area contributed by atoms with E-state index in [2.05, 4.69) is 30.6 Å². The predicted molar refractivity (Wildman–Crippen MR) is 110 cm³/mol. The van der Waals surface area contributed by atoms with Crippen LogP contribution in [-0.4, -0.2) is 31.8 Å². The highest BCUT2D eigenvalue weighted by molar-refractivity contribution is 6.03. The average Bonchev–Trinajstić information content (AvgIpc) is 3.27. The number of fused-ring (bicyclic) bond motifs is 2. The van der Waals surface area contributed by atoms with Gasteiger partial charge in [-0.1, -0.05) is 39.0 Å². The number of aryl methyl sites for hydroxylation is 2. The number of hydrogen-bond donors (Lipinski definition) is 4. The van der Waals surface area contributed by atoms with E-state index in [1.165, 1.54) is 0 Å². The Labute approximate surface area is 168 Å². The van der Waals surface area contributed by atoms with Crippen molar-refractivity contribution < 1.29 is 9.59 Å². The molecule has 8 heteroatoms. The molecule has 4 N–H and O–H groups in total. The van der Waals surface area contributed by atoms with Crippen molar-refractivity contribution in [3.05, 3.63) is 58.7 Å². The van der Waals surface area contributed by atoms with E-state index in [1.54, 1.807) is 12.1 Å². The summed E-state index contributed by atoms with van der Waals surface area (Å²) in [6, 6.07) is 9.03. The summed E-state index contributed by atoms with van der Waals surface area (Å²) in [5, 5.41) is 5.66. The lowest BCUT2D eigenvalue weighted by atomic mass is 10.0. The summed E-state index contributed by atoms with van der Waals surface area (Å²) >= 11 is 0. The first-order chi connectivity index (χ1) is 13.9. The smallest absolute Gasteiger partial charge is 0.257 e. The molecule has 29 heavy (non-hydrogen) atoms. The molecule has 0 radical (unpaired) electrons. The molecule has 2 aromatic heterocycles. The van der Waals surface area contributed by atoms with E-state index in [1.807, 2.05) is 39.0 Å². The summed E-state index contributed by atoms with van der Waals surface area (Å²) in [6.45, 7) is 5.71. The Morgan fingerprint density at radius 2 is 1.52 bits per heavy atom. The number of hydrogen-bond acceptors (Lipinski definition) is 4. The lowest BCUT2D eigenvalue weighted by Gasteiger charge is -2.06. The molecule has 0 aliphatic heterocycles. The van der Waals surface area contributed by atoms with Crippen molar-refractivity contribution >= 4 is 23.7 Å². The second-order valence-electron chi connectivity index (χ2n) is 7.58. The fraction of sp³-hybridized carbons (Fsp3) is 0.333. The van der Waals surface area contributed by atoms with Gasteiger partial charge >= 0.3 is 0 Å². The third kappa shape index (κ3) is 3.78. The van der Waals surface area contributed by atoms with Crippen molar-refractivity contribution in [1.29, 1.82) is 0 Å². The van der Waals surface area contributed by atoms with Gasteiger partial charge in [0.25, 0.3) is 5.91 Å². The number of anilines is 2. The Morgan fingerprint density at radius 3 is 2.07 bits per heavy atom. The van der Waals surface area contributed by atoms with Crippen LogP contribution in [0, 0.1) is 5.92 Å². The summed E-state index contributed by atoms with van der Waals surface area (Å²) in [5.74, 6) is 0.433. The molecule has 0 saturated heterocycles. The Bertz CT molecular complexity index is 1050. The number of carbonyl (C=O) groups excluding carboxylic acids is 2. The van der Waals surface area contributed by atoms with Gasteiger partial charge in [-0.05, 0) is 25.0 Å². The van der Waals surface area contributed by atoms with Gasteiger partial charge in [0.15, 0.2) is 0 Å². The number of imidazole rings is 2. The van der Waals surface area contributed by atoms with Crippen LogP contribution in [0.1, 0.15) is 59.8 Å². The van der Waals surface area contributed by atoms with E-state index >= 15 is 0 Å². The largest absolute Gasteiger partial charge is 0.328 e. The standard InChI is InChI=1S/C21H24N6O2/c1-11(2)18(28)26-20-22-14-9-10-15-17(12(3)16(14)24-20)25-21(23-15)27-19(29)13-7-5-4-6-8-13/h4-8,11-12H,9-10H2,1-3H3,(H2,22,24,26,28)(H2,23,25,27,29). The second kappa shape index (κ2) is 7.54. The van der Waals surface area contributed by atoms with Crippen LogP contribution >= 0.6 is 0 Å². The van der Waals surface area contributed by atoms with Crippen LogP contribution < -0.4 is 10.6 Å². The Balaban J connectivity index is 1.55. The molecule has 1 aliphatic rings. The molecule has 4 rings (SSSR count).